The number of nitrogens with zero attached hydrogens (tertiary/aromatic N) is 3. The van der Waals surface area contributed by atoms with Crippen LogP contribution < -0.4 is 0 Å². The smallest absolute Gasteiger partial charge is 0.100 e. The van der Waals surface area contributed by atoms with E-state index in [1.165, 1.54) is 0 Å². The Labute approximate surface area is 129 Å². The van der Waals surface area contributed by atoms with Crippen LogP contribution in [-0.4, -0.2) is 16.9 Å². The maximum Gasteiger partial charge on any atom is 0.100 e. The molecule has 2 aromatic carbocycles. The Morgan fingerprint density at radius 1 is 0.727 bits per heavy atom. The highest BCUT2D eigenvalue weighted by Gasteiger charge is 2.05. The summed E-state index contributed by atoms with van der Waals surface area (Å²) in [7, 11) is 0. The van der Waals surface area contributed by atoms with Gasteiger partial charge in [-0.2, -0.15) is 5.10 Å². The molecule has 0 aliphatic carbocycles. The van der Waals surface area contributed by atoms with Gasteiger partial charge in [-0.3, -0.25) is 4.98 Å². The van der Waals surface area contributed by atoms with Gasteiger partial charge < -0.3 is 0 Å². The molecular formula is C19H15N3. The highest BCUT2D eigenvalue weighted by molar-refractivity contribution is 6.12. The van der Waals surface area contributed by atoms with E-state index in [-0.39, 0.29) is 0 Å². The summed E-state index contributed by atoms with van der Waals surface area (Å²) < 4.78 is 0. The molecule has 3 heteroatoms. The molecule has 0 amide bonds. The van der Waals surface area contributed by atoms with E-state index >= 15 is 0 Å². The van der Waals surface area contributed by atoms with Gasteiger partial charge in [0.15, 0.2) is 0 Å². The van der Waals surface area contributed by atoms with Crippen LogP contribution in [-0.2, 0) is 0 Å². The molecule has 22 heavy (non-hydrogen) atoms. The molecule has 0 saturated carbocycles. The first kappa shape index (κ1) is 13.9. The van der Waals surface area contributed by atoms with Gasteiger partial charge in [0.25, 0.3) is 0 Å². The summed E-state index contributed by atoms with van der Waals surface area (Å²) in [6.45, 7) is 0. The van der Waals surface area contributed by atoms with Crippen molar-refractivity contribution < 1.29 is 0 Å². The highest BCUT2D eigenvalue weighted by Crippen LogP contribution is 2.11. The lowest BCUT2D eigenvalue weighted by Crippen LogP contribution is -2.02. The fourth-order valence-electron chi connectivity index (χ4n) is 2.08. The summed E-state index contributed by atoms with van der Waals surface area (Å²) >= 11 is 0. The third-order valence-corrected chi connectivity index (χ3v) is 3.17. The van der Waals surface area contributed by atoms with Crippen molar-refractivity contribution in [1.82, 2.24) is 4.98 Å². The molecule has 1 heterocycles. The largest absolute Gasteiger partial charge is 0.265 e. The van der Waals surface area contributed by atoms with Gasteiger partial charge in [-0.05, 0) is 17.7 Å². The van der Waals surface area contributed by atoms with Crippen molar-refractivity contribution in [2.24, 2.45) is 10.2 Å². The zero-order valence-corrected chi connectivity index (χ0v) is 12.0. The molecule has 0 bridgehead atoms. The third kappa shape index (κ3) is 3.52. The predicted molar refractivity (Wildman–Crippen MR) is 90.4 cm³/mol. The van der Waals surface area contributed by atoms with Crippen LogP contribution in [0.25, 0.3) is 0 Å². The van der Waals surface area contributed by atoms with Crippen molar-refractivity contribution >= 4 is 11.9 Å². The summed E-state index contributed by atoms with van der Waals surface area (Å²) in [5, 5.41) is 8.66. The predicted octanol–water partition coefficient (Wildman–Crippen LogP) is 3.95. The summed E-state index contributed by atoms with van der Waals surface area (Å²) in [5.41, 5.74) is 3.91. The monoisotopic (exact) mass is 285 g/mol. The molecule has 106 valence electrons. The van der Waals surface area contributed by atoms with E-state index in [1.54, 1.807) is 18.6 Å². The van der Waals surface area contributed by atoms with E-state index in [0.717, 1.165) is 22.4 Å². The molecule has 3 aromatic rings. The van der Waals surface area contributed by atoms with Gasteiger partial charge in [0.05, 0.1) is 6.21 Å². The maximum absolute atomic E-state index is 4.43. The van der Waals surface area contributed by atoms with Crippen LogP contribution in [0.1, 0.15) is 16.7 Å². The zero-order valence-electron chi connectivity index (χ0n) is 12.0. The fraction of sp³-hybridized carbons (Fsp3) is 0. The Balaban J connectivity index is 1.96. The van der Waals surface area contributed by atoms with Crippen molar-refractivity contribution in [3.05, 3.63) is 102 Å². The Kier molecular flexibility index (Phi) is 4.47. The van der Waals surface area contributed by atoms with E-state index < -0.39 is 0 Å². The lowest BCUT2D eigenvalue weighted by Gasteiger charge is -2.04. The Hall–Kier alpha value is -3.07. The van der Waals surface area contributed by atoms with Crippen molar-refractivity contribution in [3.63, 3.8) is 0 Å². The van der Waals surface area contributed by atoms with Crippen molar-refractivity contribution in [2.45, 2.75) is 0 Å². The van der Waals surface area contributed by atoms with E-state index in [9.17, 15) is 0 Å². The van der Waals surface area contributed by atoms with Gasteiger partial charge in [0, 0.05) is 23.5 Å². The van der Waals surface area contributed by atoms with Crippen LogP contribution in [0.5, 0.6) is 0 Å². The minimum absolute atomic E-state index is 0.853. The summed E-state index contributed by atoms with van der Waals surface area (Å²) in [6.07, 6.45) is 5.20. The second kappa shape index (κ2) is 7.09. The topological polar surface area (TPSA) is 37.6 Å². The summed E-state index contributed by atoms with van der Waals surface area (Å²) in [6, 6.07) is 23.9. The minimum Gasteiger partial charge on any atom is -0.265 e. The molecule has 0 saturated heterocycles. The van der Waals surface area contributed by atoms with E-state index in [4.69, 9.17) is 0 Å². The Morgan fingerprint density at radius 3 is 1.82 bits per heavy atom. The maximum atomic E-state index is 4.43. The lowest BCUT2D eigenvalue weighted by molar-refractivity contribution is 1.24. The number of hydrogen-bond acceptors (Lipinski definition) is 3. The van der Waals surface area contributed by atoms with Crippen LogP contribution >= 0.6 is 0 Å². The molecule has 3 nitrogen and oxygen atoms in total. The summed E-state index contributed by atoms with van der Waals surface area (Å²) in [5.74, 6) is 0. The second-order valence-corrected chi connectivity index (χ2v) is 4.71. The SMILES string of the molecule is C(=N\N=C(c1ccccc1)c1ccccc1)/c1ccncc1. The van der Waals surface area contributed by atoms with Crippen LogP contribution in [0, 0.1) is 0 Å². The van der Waals surface area contributed by atoms with Gasteiger partial charge in [-0.15, -0.1) is 5.10 Å². The molecule has 0 spiro atoms. The van der Waals surface area contributed by atoms with Crippen LogP contribution in [0.4, 0.5) is 0 Å². The van der Waals surface area contributed by atoms with Crippen molar-refractivity contribution in [1.29, 1.82) is 0 Å². The van der Waals surface area contributed by atoms with Gasteiger partial charge in [-0.1, -0.05) is 60.7 Å². The van der Waals surface area contributed by atoms with Crippen molar-refractivity contribution in [2.75, 3.05) is 0 Å². The number of pyridine rings is 1. The van der Waals surface area contributed by atoms with Crippen LogP contribution in [0.15, 0.2) is 95.4 Å². The molecule has 0 unspecified atom stereocenters. The number of hydrogen-bond donors (Lipinski definition) is 0. The molecule has 0 N–H and O–H groups in total. The third-order valence-electron chi connectivity index (χ3n) is 3.17. The Morgan fingerprint density at radius 2 is 1.27 bits per heavy atom. The first-order valence-electron chi connectivity index (χ1n) is 7.05. The number of aromatic nitrogens is 1. The average molecular weight is 285 g/mol. The van der Waals surface area contributed by atoms with Gasteiger partial charge in [0.1, 0.15) is 5.71 Å². The van der Waals surface area contributed by atoms with E-state index in [1.807, 2.05) is 72.8 Å². The second-order valence-electron chi connectivity index (χ2n) is 4.71. The van der Waals surface area contributed by atoms with Crippen LogP contribution in [0.2, 0.25) is 0 Å². The van der Waals surface area contributed by atoms with Crippen LogP contribution in [0.3, 0.4) is 0 Å². The molecule has 0 aliphatic heterocycles. The fourth-order valence-corrected chi connectivity index (χ4v) is 2.08. The molecular weight excluding hydrogens is 270 g/mol. The highest BCUT2D eigenvalue weighted by atomic mass is 15.2. The molecule has 3 rings (SSSR count). The van der Waals surface area contributed by atoms with E-state index in [2.05, 4.69) is 15.2 Å². The molecule has 0 fully saturated rings. The Bertz CT molecular complexity index is 722. The molecule has 0 radical (unpaired) electrons. The number of rotatable bonds is 4. The molecule has 0 atom stereocenters. The van der Waals surface area contributed by atoms with Gasteiger partial charge >= 0.3 is 0 Å². The zero-order chi connectivity index (χ0) is 15.0. The minimum atomic E-state index is 0.853. The molecule has 0 aliphatic rings. The first-order chi connectivity index (χ1) is 10.9. The quantitative estimate of drug-likeness (QED) is 0.528. The van der Waals surface area contributed by atoms with E-state index in [0.29, 0.717) is 0 Å². The number of benzene rings is 2. The standard InChI is InChI=1S/C19H15N3/c1-3-7-17(8-4-1)19(18-9-5-2-6-10-18)22-21-15-16-11-13-20-14-12-16/h1-15H/b21-15+. The normalized spacial score (nSPS) is 10.5. The summed E-state index contributed by atoms with van der Waals surface area (Å²) in [4.78, 5) is 3.99. The van der Waals surface area contributed by atoms with Gasteiger partial charge in [0.2, 0.25) is 0 Å². The average Bonchev–Trinajstić information content (AvgIpc) is 2.61. The molecule has 1 aromatic heterocycles. The van der Waals surface area contributed by atoms with Crippen molar-refractivity contribution in [3.8, 4) is 0 Å². The first-order valence-corrected chi connectivity index (χ1v) is 7.05. The lowest BCUT2D eigenvalue weighted by atomic mass is 10.0. The van der Waals surface area contributed by atoms with Gasteiger partial charge in [-0.25, -0.2) is 0 Å².